The Bertz CT molecular complexity index is 418. The molecule has 0 unspecified atom stereocenters. The first-order chi connectivity index (χ1) is 7.58. The lowest BCUT2D eigenvalue weighted by atomic mass is 10.1. The van der Waals surface area contributed by atoms with Crippen LogP contribution in [0.2, 0.25) is 0 Å². The number of allylic oxidation sites excluding steroid dienone is 1. The fourth-order valence-electron chi connectivity index (χ4n) is 1.07. The average molecular weight is 233 g/mol. The number of aryl methyl sites for hydroxylation is 1. The average Bonchev–Trinajstić information content (AvgIpc) is 2.25. The van der Waals surface area contributed by atoms with Gasteiger partial charge in [0.1, 0.15) is 0 Å². The van der Waals surface area contributed by atoms with Crippen LogP contribution in [0.3, 0.4) is 0 Å². The number of thiocarbonyl (C=S) groups is 1. The van der Waals surface area contributed by atoms with Crippen LogP contribution < -0.4 is 11.2 Å². The number of benzene rings is 1. The van der Waals surface area contributed by atoms with Crippen molar-refractivity contribution in [1.82, 2.24) is 5.43 Å². The van der Waals surface area contributed by atoms with Crippen LogP contribution in [0, 0.1) is 6.92 Å². The quantitative estimate of drug-likeness (QED) is 0.478. The summed E-state index contributed by atoms with van der Waals surface area (Å²) in [4.78, 5) is 0. The molecular formula is C12H15N3S. The van der Waals surface area contributed by atoms with Crippen molar-refractivity contribution in [2.45, 2.75) is 13.8 Å². The monoisotopic (exact) mass is 233 g/mol. The van der Waals surface area contributed by atoms with E-state index in [-0.39, 0.29) is 5.11 Å². The highest BCUT2D eigenvalue weighted by atomic mass is 32.1. The summed E-state index contributed by atoms with van der Waals surface area (Å²) < 4.78 is 0. The molecule has 0 aliphatic rings. The zero-order valence-corrected chi connectivity index (χ0v) is 10.2. The van der Waals surface area contributed by atoms with Crippen molar-refractivity contribution in [3.63, 3.8) is 0 Å². The molecule has 16 heavy (non-hydrogen) atoms. The topological polar surface area (TPSA) is 50.4 Å². The smallest absolute Gasteiger partial charge is 0.184 e. The SMILES string of the molecule is CC(/C=C\c1ccc(C)cc1)=N/NC(N)=S. The third-order valence-electron chi connectivity index (χ3n) is 1.94. The molecule has 0 saturated heterocycles. The van der Waals surface area contributed by atoms with Gasteiger partial charge in [0.25, 0.3) is 0 Å². The Kier molecular flexibility index (Phi) is 4.66. The van der Waals surface area contributed by atoms with Gasteiger partial charge in [-0.2, -0.15) is 5.10 Å². The molecule has 1 aromatic rings. The summed E-state index contributed by atoms with van der Waals surface area (Å²) in [5, 5.41) is 4.14. The summed E-state index contributed by atoms with van der Waals surface area (Å²) in [5.74, 6) is 0. The number of rotatable bonds is 3. The molecule has 84 valence electrons. The number of hydrogen-bond donors (Lipinski definition) is 2. The molecule has 4 heteroatoms. The van der Waals surface area contributed by atoms with Crippen LogP contribution in [0.15, 0.2) is 35.4 Å². The van der Waals surface area contributed by atoms with Gasteiger partial charge in [-0.05, 0) is 37.7 Å². The molecule has 0 radical (unpaired) electrons. The Balaban J connectivity index is 2.62. The van der Waals surface area contributed by atoms with Crippen LogP contribution in [0.5, 0.6) is 0 Å². The molecule has 1 aromatic carbocycles. The van der Waals surface area contributed by atoms with E-state index in [4.69, 9.17) is 5.73 Å². The van der Waals surface area contributed by atoms with Gasteiger partial charge in [0.15, 0.2) is 5.11 Å². The Labute approximate surface area is 101 Å². The molecule has 0 fully saturated rings. The van der Waals surface area contributed by atoms with E-state index in [9.17, 15) is 0 Å². The van der Waals surface area contributed by atoms with Gasteiger partial charge in [-0.25, -0.2) is 0 Å². The molecule has 0 amide bonds. The standard InChI is InChI=1S/C12H15N3S/c1-9-3-6-11(7-4-9)8-5-10(2)14-15-12(13)16/h3-8H,1-2H3,(H3,13,15,16)/b8-5-,14-10-. The van der Waals surface area contributed by atoms with Gasteiger partial charge in [-0.3, -0.25) is 5.43 Å². The van der Waals surface area contributed by atoms with E-state index in [2.05, 4.69) is 53.9 Å². The second-order valence-electron chi connectivity index (χ2n) is 3.47. The fourth-order valence-corrected chi connectivity index (χ4v) is 1.12. The van der Waals surface area contributed by atoms with Gasteiger partial charge in [0.2, 0.25) is 0 Å². The van der Waals surface area contributed by atoms with E-state index >= 15 is 0 Å². The maximum Gasteiger partial charge on any atom is 0.184 e. The van der Waals surface area contributed by atoms with Crippen LogP contribution in [0.1, 0.15) is 18.1 Å². The number of hydrogen-bond acceptors (Lipinski definition) is 2. The predicted molar refractivity (Wildman–Crippen MR) is 73.2 cm³/mol. The van der Waals surface area contributed by atoms with Crippen LogP contribution in [-0.4, -0.2) is 10.8 Å². The second-order valence-corrected chi connectivity index (χ2v) is 3.91. The number of nitrogens with two attached hydrogens (primary N) is 1. The Morgan fingerprint density at radius 1 is 1.38 bits per heavy atom. The lowest BCUT2D eigenvalue weighted by Gasteiger charge is -1.97. The maximum absolute atomic E-state index is 5.25. The van der Waals surface area contributed by atoms with E-state index in [0.717, 1.165) is 11.3 Å². The first kappa shape index (κ1) is 12.4. The van der Waals surface area contributed by atoms with Crippen LogP contribution in [0.25, 0.3) is 6.08 Å². The highest BCUT2D eigenvalue weighted by Gasteiger charge is 1.88. The van der Waals surface area contributed by atoms with E-state index < -0.39 is 0 Å². The van der Waals surface area contributed by atoms with E-state index in [1.807, 2.05) is 19.1 Å². The van der Waals surface area contributed by atoms with Gasteiger partial charge in [0.05, 0.1) is 5.71 Å². The van der Waals surface area contributed by atoms with Gasteiger partial charge in [-0.15, -0.1) is 0 Å². The zero-order chi connectivity index (χ0) is 12.0. The first-order valence-electron chi connectivity index (χ1n) is 4.92. The minimum Gasteiger partial charge on any atom is -0.375 e. The molecule has 0 aliphatic heterocycles. The lowest BCUT2D eigenvalue weighted by molar-refractivity contribution is 1.03. The molecule has 0 aliphatic carbocycles. The normalized spacial score (nSPS) is 11.8. The van der Waals surface area contributed by atoms with E-state index in [1.165, 1.54) is 5.56 Å². The van der Waals surface area contributed by atoms with Gasteiger partial charge in [-0.1, -0.05) is 35.9 Å². The molecule has 0 bridgehead atoms. The third-order valence-corrected chi connectivity index (χ3v) is 2.03. The molecule has 0 aromatic heterocycles. The number of nitrogens with zero attached hydrogens (tertiary/aromatic N) is 1. The van der Waals surface area contributed by atoms with Crippen molar-refractivity contribution in [1.29, 1.82) is 0 Å². The van der Waals surface area contributed by atoms with Crippen LogP contribution in [0.4, 0.5) is 0 Å². The van der Waals surface area contributed by atoms with Crippen molar-refractivity contribution in [2.24, 2.45) is 10.8 Å². The molecule has 3 nitrogen and oxygen atoms in total. The van der Waals surface area contributed by atoms with Crippen molar-refractivity contribution < 1.29 is 0 Å². The second kappa shape index (κ2) is 6.02. The zero-order valence-electron chi connectivity index (χ0n) is 9.40. The van der Waals surface area contributed by atoms with Gasteiger partial charge in [0, 0.05) is 0 Å². The molecule has 1 rings (SSSR count). The van der Waals surface area contributed by atoms with Gasteiger partial charge >= 0.3 is 0 Å². The highest BCUT2D eigenvalue weighted by molar-refractivity contribution is 7.80. The molecular weight excluding hydrogens is 218 g/mol. The summed E-state index contributed by atoms with van der Waals surface area (Å²) in [6.45, 7) is 3.93. The third kappa shape index (κ3) is 4.70. The number of nitrogens with one attached hydrogen (secondary N) is 1. The lowest BCUT2D eigenvalue weighted by Crippen LogP contribution is -2.24. The van der Waals surface area contributed by atoms with E-state index in [0.29, 0.717) is 0 Å². The summed E-state index contributed by atoms with van der Waals surface area (Å²) in [7, 11) is 0. The van der Waals surface area contributed by atoms with Crippen LogP contribution in [-0.2, 0) is 0 Å². The minimum atomic E-state index is 0.170. The van der Waals surface area contributed by atoms with Crippen molar-refractivity contribution >= 4 is 29.1 Å². The summed E-state index contributed by atoms with van der Waals surface area (Å²) in [6, 6.07) is 8.25. The molecule has 0 spiro atoms. The highest BCUT2D eigenvalue weighted by Crippen LogP contribution is 2.04. The fraction of sp³-hybridized carbons (Fsp3) is 0.167. The molecule has 0 atom stereocenters. The van der Waals surface area contributed by atoms with Crippen molar-refractivity contribution in [2.75, 3.05) is 0 Å². The predicted octanol–water partition coefficient (Wildman–Crippen LogP) is 2.22. The Hall–Kier alpha value is -1.68. The van der Waals surface area contributed by atoms with E-state index in [1.54, 1.807) is 0 Å². The van der Waals surface area contributed by atoms with Crippen molar-refractivity contribution in [3.8, 4) is 0 Å². The summed E-state index contributed by atoms with van der Waals surface area (Å²) in [5.41, 5.74) is 11.0. The number of hydrazone groups is 1. The Morgan fingerprint density at radius 2 is 2.00 bits per heavy atom. The van der Waals surface area contributed by atoms with Gasteiger partial charge < -0.3 is 5.73 Å². The molecule has 0 heterocycles. The molecule has 0 saturated carbocycles. The van der Waals surface area contributed by atoms with Crippen LogP contribution >= 0.6 is 12.2 Å². The minimum absolute atomic E-state index is 0.170. The summed E-state index contributed by atoms with van der Waals surface area (Å²) in [6.07, 6.45) is 3.88. The largest absolute Gasteiger partial charge is 0.375 e. The van der Waals surface area contributed by atoms with Crippen molar-refractivity contribution in [3.05, 3.63) is 41.5 Å². The maximum atomic E-state index is 5.25. The Morgan fingerprint density at radius 3 is 2.56 bits per heavy atom. The summed E-state index contributed by atoms with van der Waals surface area (Å²) >= 11 is 4.64. The molecule has 3 N–H and O–H groups in total. The first-order valence-corrected chi connectivity index (χ1v) is 5.33.